The van der Waals surface area contributed by atoms with Crippen molar-refractivity contribution in [2.45, 2.75) is 70.6 Å². The Bertz CT molecular complexity index is 412. The van der Waals surface area contributed by atoms with Crippen molar-refractivity contribution in [1.29, 1.82) is 0 Å². The van der Waals surface area contributed by atoms with E-state index in [0.29, 0.717) is 0 Å². The Morgan fingerprint density at radius 3 is 2.15 bits per heavy atom. The molecule has 2 heterocycles. The van der Waals surface area contributed by atoms with Crippen LogP contribution in [0.2, 0.25) is 0 Å². The molecule has 2 bridgehead atoms. The number of hydrogen-bond donors (Lipinski definition) is 1. The summed E-state index contributed by atoms with van der Waals surface area (Å²) in [4.78, 5) is 2.77. The zero-order valence-corrected chi connectivity index (χ0v) is 12.9. The number of aryl methyl sites for hydroxylation is 1. The molecule has 1 N–H and O–H groups in total. The van der Waals surface area contributed by atoms with E-state index in [2.05, 4.69) is 48.3 Å². The van der Waals surface area contributed by atoms with E-state index in [1.54, 1.807) is 0 Å². The van der Waals surface area contributed by atoms with Crippen molar-refractivity contribution in [3.8, 4) is 0 Å². The smallest absolute Gasteiger partial charge is 0.0239 e. The number of rotatable bonds is 5. The molecule has 0 saturated carbocycles. The number of nitrogens with one attached hydrogen (secondary N) is 1. The predicted molar refractivity (Wildman–Crippen MR) is 84.9 cm³/mol. The Hall–Kier alpha value is -0.860. The lowest BCUT2D eigenvalue weighted by molar-refractivity contribution is 0.110. The zero-order valence-electron chi connectivity index (χ0n) is 12.9. The molecule has 2 nitrogen and oxygen atoms in total. The third kappa shape index (κ3) is 2.91. The molecule has 2 aliphatic rings. The average molecular weight is 272 g/mol. The van der Waals surface area contributed by atoms with E-state index in [1.165, 1.54) is 36.8 Å². The van der Waals surface area contributed by atoms with Gasteiger partial charge in [-0.25, -0.2) is 0 Å². The van der Waals surface area contributed by atoms with Crippen LogP contribution in [0.1, 0.15) is 50.7 Å². The normalized spacial score (nSPS) is 29.8. The quantitative estimate of drug-likeness (QED) is 0.884. The highest BCUT2D eigenvalue weighted by atomic mass is 15.2. The summed E-state index contributed by atoms with van der Waals surface area (Å²) in [5.74, 6) is 0. The highest BCUT2D eigenvalue weighted by Crippen LogP contribution is 2.36. The van der Waals surface area contributed by atoms with E-state index in [-0.39, 0.29) is 0 Å². The Kier molecular flexibility index (Phi) is 4.42. The van der Waals surface area contributed by atoms with Gasteiger partial charge in [-0.1, -0.05) is 38.1 Å². The first-order valence-electron chi connectivity index (χ1n) is 8.37. The Morgan fingerprint density at radius 2 is 1.60 bits per heavy atom. The summed E-state index contributed by atoms with van der Waals surface area (Å²) in [7, 11) is 0. The topological polar surface area (TPSA) is 15.3 Å². The van der Waals surface area contributed by atoms with Crippen LogP contribution in [0.3, 0.4) is 0 Å². The van der Waals surface area contributed by atoms with Crippen LogP contribution in [0, 0.1) is 0 Å². The summed E-state index contributed by atoms with van der Waals surface area (Å²) in [6.07, 6.45) is 6.63. The van der Waals surface area contributed by atoms with Gasteiger partial charge in [-0.05, 0) is 49.8 Å². The summed E-state index contributed by atoms with van der Waals surface area (Å²) in [6, 6.07) is 11.6. The van der Waals surface area contributed by atoms with E-state index in [1.807, 2.05) is 0 Å². The molecule has 0 spiro atoms. The molecule has 2 fully saturated rings. The van der Waals surface area contributed by atoms with E-state index in [4.69, 9.17) is 0 Å². The van der Waals surface area contributed by atoms with Crippen LogP contribution in [0.25, 0.3) is 0 Å². The molecule has 0 aromatic heterocycles. The zero-order chi connectivity index (χ0) is 13.9. The fourth-order valence-electron chi connectivity index (χ4n) is 4.08. The Morgan fingerprint density at radius 1 is 1.00 bits per heavy atom. The molecular weight excluding hydrogens is 244 g/mol. The predicted octanol–water partition coefficient (Wildman–Crippen LogP) is 3.35. The minimum absolute atomic E-state index is 0.760. The van der Waals surface area contributed by atoms with Gasteiger partial charge in [-0.15, -0.1) is 0 Å². The molecule has 20 heavy (non-hydrogen) atoms. The Balaban J connectivity index is 1.63. The SMILES string of the molecule is CCNC1CC2CCC(C1)N2Cc1ccc(CC)cc1. The monoisotopic (exact) mass is 272 g/mol. The van der Waals surface area contributed by atoms with E-state index in [9.17, 15) is 0 Å². The summed E-state index contributed by atoms with van der Waals surface area (Å²) in [6.45, 7) is 6.71. The molecule has 0 amide bonds. The molecule has 1 aromatic rings. The van der Waals surface area contributed by atoms with Crippen LogP contribution in [-0.4, -0.2) is 29.6 Å². The van der Waals surface area contributed by atoms with Crippen LogP contribution in [0.5, 0.6) is 0 Å². The van der Waals surface area contributed by atoms with Gasteiger partial charge in [0.2, 0.25) is 0 Å². The maximum absolute atomic E-state index is 3.66. The maximum atomic E-state index is 3.66. The molecule has 3 rings (SSSR count). The van der Waals surface area contributed by atoms with Crippen LogP contribution < -0.4 is 5.32 Å². The summed E-state index contributed by atoms with van der Waals surface area (Å²) in [5.41, 5.74) is 2.93. The maximum Gasteiger partial charge on any atom is 0.0239 e. The van der Waals surface area contributed by atoms with Crippen molar-refractivity contribution in [2.75, 3.05) is 6.54 Å². The average Bonchev–Trinajstić information content (AvgIpc) is 2.71. The molecule has 2 aliphatic heterocycles. The lowest BCUT2D eigenvalue weighted by Gasteiger charge is -2.39. The second-order valence-electron chi connectivity index (χ2n) is 6.45. The van der Waals surface area contributed by atoms with Gasteiger partial charge in [0.05, 0.1) is 0 Å². The van der Waals surface area contributed by atoms with Crippen molar-refractivity contribution < 1.29 is 0 Å². The highest BCUT2D eigenvalue weighted by Gasteiger charge is 2.40. The second kappa shape index (κ2) is 6.28. The van der Waals surface area contributed by atoms with Gasteiger partial charge < -0.3 is 5.32 Å². The number of piperidine rings is 1. The summed E-state index contributed by atoms with van der Waals surface area (Å²) >= 11 is 0. The van der Waals surface area contributed by atoms with Crippen molar-refractivity contribution >= 4 is 0 Å². The lowest BCUT2D eigenvalue weighted by atomic mass is 9.96. The summed E-state index contributed by atoms with van der Waals surface area (Å²) in [5, 5.41) is 3.66. The van der Waals surface area contributed by atoms with Gasteiger partial charge in [0.1, 0.15) is 0 Å². The largest absolute Gasteiger partial charge is 0.314 e. The van der Waals surface area contributed by atoms with Gasteiger partial charge in [0.15, 0.2) is 0 Å². The molecule has 0 radical (unpaired) electrons. The molecule has 0 aliphatic carbocycles. The molecule has 1 aromatic carbocycles. The van der Waals surface area contributed by atoms with Gasteiger partial charge >= 0.3 is 0 Å². The molecule has 2 saturated heterocycles. The Labute approximate surface area is 123 Å². The fourth-order valence-corrected chi connectivity index (χ4v) is 4.08. The summed E-state index contributed by atoms with van der Waals surface area (Å²) < 4.78 is 0. The van der Waals surface area contributed by atoms with Crippen molar-refractivity contribution in [2.24, 2.45) is 0 Å². The first kappa shape index (κ1) is 14.1. The van der Waals surface area contributed by atoms with Crippen LogP contribution in [0.4, 0.5) is 0 Å². The number of benzene rings is 1. The molecule has 110 valence electrons. The first-order chi connectivity index (χ1) is 9.80. The van der Waals surface area contributed by atoms with Gasteiger partial charge in [0, 0.05) is 24.7 Å². The number of hydrogen-bond acceptors (Lipinski definition) is 2. The standard InChI is InChI=1S/C18H28N2/c1-3-14-5-7-15(8-6-14)13-20-17-9-10-18(20)12-16(11-17)19-4-2/h5-8,16-19H,3-4,9-13H2,1-2H3. The third-order valence-electron chi connectivity index (χ3n) is 5.17. The van der Waals surface area contributed by atoms with Crippen LogP contribution in [-0.2, 0) is 13.0 Å². The fraction of sp³-hybridized carbons (Fsp3) is 0.667. The van der Waals surface area contributed by atoms with E-state index >= 15 is 0 Å². The van der Waals surface area contributed by atoms with E-state index < -0.39 is 0 Å². The van der Waals surface area contributed by atoms with E-state index in [0.717, 1.165) is 37.6 Å². The molecular formula is C18H28N2. The minimum Gasteiger partial charge on any atom is -0.314 e. The highest BCUT2D eigenvalue weighted by molar-refractivity contribution is 5.23. The number of fused-ring (bicyclic) bond motifs is 2. The van der Waals surface area contributed by atoms with Gasteiger partial charge in [-0.3, -0.25) is 4.90 Å². The van der Waals surface area contributed by atoms with Crippen molar-refractivity contribution in [1.82, 2.24) is 10.2 Å². The first-order valence-corrected chi connectivity index (χ1v) is 8.37. The molecule has 2 atom stereocenters. The van der Waals surface area contributed by atoms with Gasteiger partial charge in [-0.2, -0.15) is 0 Å². The lowest BCUT2D eigenvalue weighted by Crippen LogP contribution is -2.48. The van der Waals surface area contributed by atoms with Crippen LogP contribution >= 0.6 is 0 Å². The second-order valence-corrected chi connectivity index (χ2v) is 6.45. The molecule has 2 heteroatoms. The van der Waals surface area contributed by atoms with Crippen molar-refractivity contribution in [3.63, 3.8) is 0 Å². The van der Waals surface area contributed by atoms with Crippen molar-refractivity contribution in [3.05, 3.63) is 35.4 Å². The van der Waals surface area contributed by atoms with Gasteiger partial charge in [0.25, 0.3) is 0 Å². The van der Waals surface area contributed by atoms with Crippen LogP contribution in [0.15, 0.2) is 24.3 Å². The number of nitrogens with zero attached hydrogens (tertiary/aromatic N) is 1. The third-order valence-corrected chi connectivity index (χ3v) is 5.17. The minimum atomic E-state index is 0.760. The molecule has 2 unspecified atom stereocenters.